The molecule has 0 unspecified atom stereocenters. The molecule has 18 heteroatoms. The molecular weight excluding hydrogens is 1000 g/mol. The predicted octanol–water partition coefficient (Wildman–Crippen LogP) is 11.0. The summed E-state index contributed by atoms with van der Waals surface area (Å²) in [5.74, 6) is 1.61. The smallest absolute Gasteiger partial charge is 0.320 e. The molecule has 4 amide bonds. The van der Waals surface area contributed by atoms with Crippen molar-refractivity contribution in [3.05, 3.63) is 217 Å². The van der Waals surface area contributed by atoms with Gasteiger partial charge in [0.05, 0.1) is 29.5 Å². The third-order valence-electron chi connectivity index (χ3n) is 15.0. The largest absolute Gasteiger partial charge is 0.382 e. The minimum Gasteiger partial charge on any atom is -0.382 e. The van der Waals surface area contributed by atoms with Crippen LogP contribution in [0.2, 0.25) is 0 Å². The van der Waals surface area contributed by atoms with Crippen molar-refractivity contribution >= 4 is 35.1 Å². The number of carbonyl (C=O) groups excluding carboxylic acids is 2. The molecule has 0 spiro atoms. The van der Waals surface area contributed by atoms with Gasteiger partial charge < -0.3 is 21.3 Å². The number of pyridine rings is 2. The van der Waals surface area contributed by atoms with E-state index in [1.54, 1.807) is 49.7 Å². The van der Waals surface area contributed by atoms with E-state index in [4.69, 9.17) is 10.2 Å². The Morgan fingerprint density at radius 1 is 0.475 bits per heavy atom. The van der Waals surface area contributed by atoms with Crippen LogP contribution in [-0.2, 0) is 14.1 Å². The first kappa shape index (κ1) is 52.2. The summed E-state index contributed by atoms with van der Waals surface area (Å²) in [4.78, 5) is 35.5. The molecule has 2 fully saturated rings. The molecule has 2 aliphatic carbocycles. The number of nitrogens with one attached hydrogen (secondary N) is 6. The molecular formula is C62H64N16O2. The molecule has 0 aliphatic heterocycles. The van der Waals surface area contributed by atoms with E-state index in [9.17, 15) is 9.59 Å². The summed E-state index contributed by atoms with van der Waals surface area (Å²) in [7, 11) is 3.75. The van der Waals surface area contributed by atoms with Crippen LogP contribution < -0.4 is 31.9 Å². The van der Waals surface area contributed by atoms with E-state index < -0.39 is 0 Å². The first-order valence-electron chi connectivity index (χ1n) is 27.0. The summed E-state index contributed by atoms with van der Waals surface area (Å²) in [5.41, 5.74) is 11.2. The average molecular weight is 1070 g/mol. The van der Waals surface area contributed by atoms with Crippen molar-refractivity contribution in [1.29, 1.82) is 0 Å². The number of hydrogen-bond acceptors (Lipinski definition) is 10. The molecule has 12 rings (SSSR count). The molecule has 0 radical (unpaired) electrons. The molecule has 0 saturated heterocycles. The van der Waals surface area contributed by atoms with Gasteiger partial charge in [0, 0.05) is 115 Å². The van der Waals surface area contributed by atoms with Gasteiger partial charge in [0.1, 0.15) is 23.0 Å². The third-order valence-corrected chi connectivity index (χ3v) is 15.0. The first-order valence-corrected chi connectivity index (χ1v) is 27.0. The summed E-state index contributed by atoms with van der Waals surface area (Å²) in [5, 5.41) is 38.4. The number of urea groups is 2. The second-order valence-electron chi connectivity index (χ2n) is 20.5. The second kappa shape index (κ2) is 23.8. The first-order chi connectivity index (χ1) is 39.1. The Hall–Kier alpha value is -9.84. The van der Waals surface area contributed by atoms with Crippen molar-refractivity contribution < 1.29 is 9.59 Å². The average Bonchev–Trinajstić information content (AvgIpc) is 4.38. The molecule has 2 aliphatic rings. The Labute approximate surface area is 464 Å². The van der Waals surface area contributed by atoms with E-state index in [-0.39, 0.29) is 48.1 Å². The van der Waals surface area contributed by atoms with Gasteiger partial charge in [0.25, 0.3) is 0 Å². The second-order valence-corrected chi connectivity index (χ2v) is 20.5. The van der Waals surface area contributed by atoms with Crippen LogP contribution in [0.25, 0.3) is 33.9 Å². The van der Waals surface area contributed by atoms with Gasteiger partial charge >= 0.3 is 12.1 Å². The number of carbonyl (C=O) groups is 2. The maximum absolute atomic E-state index is 13.6. The highest BCUT2D eigenvalue weighted by Crippen LogP contribution is 2.39. The van der Waals surface area contributed by atoms with Gasteiger partial charge in [-0.05, 0) is 99.2 Å². The maximum Gasteiger partial charge on any atom is 0.320 e. The molecule has 0 bridgehead atoms. The van der Waals surface area contributed by atoms with Crippen LogP contribution in [0.4, 0.5) is 32.6 Å². The van der Waals surface area contributed by atoms with E-state index in [0.717, 1.165) is 82.1 Å². The number of rotatable bonds is 14. The maximum atomic E-state index is 13.6. The lowest BCUT2D eigenvalue weighted by Gasteiger charge is -2.21. The van der Waals surface area contributed by atoms with Crippen LogP contribution in [0.5, 0.6) is 0 Å². The van der Waals surface area contributed by atoms with Crippen molar-refractivity contribution in [3.8, 4) is 33.9 Å². The topological polar surface area (TPSA) is 203 Å². The SMILES string of the molecule is Cc1c(-c2cnn(C)c2)nn(-c2ccccc2)c1NC(=O)N[C@@H]1C[C@@H](Nc2cccnc2)C[C@H]1c1ccccc1.Cc1c(-c2cnn(C)c2)nn(-c2ccccc2)c1NC(=O)N[C@@H]1C[C@@H](Nc2ccncc2)C[C@H]1c1ccccc1. The number of aryl methyl sites for hydroxylation is 2. The summed E-state index contributed by atoms with van der Waals surface area (Å²) in [6, 6.07) is 48.1. The number of amides is 4. The highest BCUT2D eigenvalue weighted by molar-refractivity contribution is 5.92. The lowest BCUT2D eigenvalue weighted by atomic mass is 9.94. The zero-order valence-electron chi connectivity index (χ0n) is 45.1. The van der Waals surface area contributed by atoms with E-state index in [2.05, 4.69) is 101 Å². The van der Waals surface area contributed by atoms with Crippen LogP contribution in [0, 0.1) is 13.8 Å². The Kier molecular flexibility index (Phi) is 15.5. The number of aromatic nitrogens is 10. The van der Waals surface area contributed by atoms with E-state index >= 15 is 0 Å². The number of nitrogens with zero attached hydrogens (tertiary/aromatic N) is 10. The summed E-state index contributed by atoms with van der Waals surface area (Å²) in [6.07, 6.45) is 18.0. The Balaban J connectivity index is 0.000000169. The van der Waals surface area contributed by atoms with Crippen molar-refractivity contribution in [2.24, 2.45) is 14.1 Å². The molecule has 10 aromatic rings. The number of anilines is 4. The highest BCUT2D eigenvalue weighted by atomic mass is 16.2. The third kappa shape index (κ3) is 12.0. The van der Waals surface area contributed by atoms with Gasteiger partial charge in [0.15, 0.2) is 0 Å². The molecule has 6 heterocycles. The van der Waals surface area contributed by atoms with E-state index in [1.165, 1.54) is 11.1 Å². The van der Waals surface area contributed by atoms with E-state index in [0.29, 0.717) is 11.6 Å². The zero-order valence-corrected chi connectivity index (χ0v) is 45.1. The Bertz CT molecular complexity index is 3400. The fourth-order valence-electron chi connectivity index (χ4n) is 11.2. The van der Waals surface area contributed by atoms with Crippen molar-refractivity contribution in [1.82, 2.24) is 59.7 Å². The van der Waals surface area contributed by atoms with Crippen LogP contribution >= 0.6 is 0 Å². The van der Waals surface area contributed by atoms with Crippen LogP contribution in [0.1, 0.15) is 59.8 Å². The van der Waals surface area contributed by atoms with Crippen LogP contribution in [-0.4, -0.2) is 85.3 Å². The number of hydrogen-bond donors (Lipinski definition) is 6. The monoisotopic (exact) mass is 1060 g/mol. The van der Waals surface area contributed by atoms with E-state index in [1.807, 2.05) is 144 Å². The minimum absolute atomic E-state index is 0.0482. The molecule has 2 saturated carbocycles. The molecule has 6 aromatic heterocycles. The fraction of sp³-hybridized carbons (Fsp3) is 0.226. The lowest BCUT2D eigenvalue weighted by molar-refractivity contribution is 0.246. The highest BCUT2D eigenvalue weighted by Gasteiger charge is 2.38. The summed E-state index contributed by atoms with van der Waals surface area (Å²) in [6.45, 7) is 3.95. The molecule has 6 N–H and O–H groups in total. The Morgan fingerprint density at radius 3 is 1.32 bits per heavy atom. The minimum atomic E-state index is -0.258. The molecule has 404 valence electrons. The van der Waals surface area contributed by atoms with Crippen molar-refractivity contribution in [2.45, 2.75) is 75.5 Å². The lowest BCUT2D eigenvalue weighted by Crippen LogP contribution is -2.40. The van der Waals surface area contributed by atoms with Crippen molar-refractivity contribution in [3.63, 3.8) is 0 Å². The van der Waals surface area contributed by atoms with Crippen LogP contribution in [0.3, 0.4) is 0 Å². The van der Waals surface area contributed by atoms with Crippen molar-refractivity contribution in [2.75, 3.05) is 21.3 Å². The zero-order chi connectivity index (χ0) is 55.0. The van der Waals surface area contributed by atoms with Gasteiger partial charge in [-0.25, -0.2) is 19.0 Å². The summed E-state index contributed by atoms with van der Waals surface area (Å²) >= 11 is 0. The normalized spacial score (nSPS) is 18.4. The predicted molar refractivity (Wildman–Crippen MR) is 313 cm³/mol. The summed E-state index contributed by atoms with van der Waals surface area (Å²) < 4.78 is 7.06. The number of benzene rings is 4. The van der Waals surface area contributed by atoms with Crippen LogP contribution in [0.15, 0.2) is 195 Å². The number of para-hydroxylation sites is 2. The molecule has 6 atom stereocenters. The Morgan fingerprint density at radius 2 is 0.912 bits per heavy atom. The van der Waals surface area contributed by atoms with Gasteiger partial charge in [0.2, 0.25) is 0 Å². The quantitative estimate of drug-likeness (QED) is 0.0608. The molecule has 80 heavy (non-hydrogen) atoms. The fourth-order valence-corrected chi connectivity index (χ4v) is 11.2. The molecule has 4 aromatic carbocycles. The van der Waals surface area contributed by atoms with Gasteiger partial charge in [-0.3, -0.25) is 30.0 Å². The van der Waals surface area contributed by atoms with Gasteiger partial charge in [-0.1, -0.05) is 97.1 Å². The van der Waals surface area contributed by atoms with Gasteiger partial charge in [-0.15, -0.1) is 0 Å². The molecule has 18 nitrogen and oxygen atoms in total. The van der Waals surface area contributed by atoms with Gasteiger partial charge in [-0.2, -0.15) is 20.4 Å². The standard InChI is InChI=1S/2C31H32N8O/c1-21-29(23-18-33-38(2)20-23)37-39(26-13-7-4-8-14-26)30(21)36-31(40)35-28-17-25(34-24-12-9-15-32-19-24)16-27(28)22-10-5-3-6-11-22;1-21-29(23-19-33-38(2)20-23)37-39(26-11-7-4-8-12-26)30(21)36-31(40)35-28-18-25(34-24-13-15-32-16-14-24)17-27(28)22-9-5-3-6-10-22/h3-15,18-20,25,27-28,34H,16-17H2,1-2H3,(H2,35,36,40);3-16,19-20,25,27-28H,17-18H2,1-2H3,(H,32,34)(H2,35,36,40)/t2*25-,27-,28+/m00/s1.